The Labute approximate surface area is 203 Å². The van der Waals surface area contributed by atoms with Crippen molar-refractivity contribution in [3.05, 3.63) is 59.4 Å². The topological polar surface area (TPSA) is 91.8 Å². The van der Waals surface area contributed by atoms with Crippen LogP contribution in [-0.2, 0) is 16.1 Å². The maximum absolute atomic E-state index is 13.2. The highest BCUT2D eigenvalue weighted by atomic mass is 16.5. The number of imide groups is 1. The molecule has 0 unspecified atom stereocenters. The number of fused-ring (bicyclic) bond motifs is 3. The van der Waals surface area contributed by atoms with Gasteiger partial charge in [-0.3, -0.25) is 29.6 Å². The number of carbonyl (C=O) groups is 3. The first-order valence-corrected chi connectivity index (χ1v) is 12.6. The summed E-state index contributed by atoms with van der Waals surface area (Å²) in [6.07, 6.45) is 8.05. The fourth-order valence-corrected chi connectivity index (χ4v) is 6.78. The van der Waals surface area contributed by atoms with E-state index in [2.05, 4.69) is 27.3 Å². The highest BCUT2D eigenvalue weighted by Crippen LogP contribution is 2.49. The maximum atomic E-state index is 13.2. The van der Waals surface area contributed by atoms with Crippen LogP contribution in [0.1, 0.15) is 59.5 Å². The number of carbonyl (C=O) groups excluding carboxylic acids is 3. The number of nitrogens with zero attached hydrogens (tertiary/aromatic N) is 3. The quantitative estimate of drug-likeness (QED) is 0.671. The van der Waals surface area contributed by atoms with Crippen molar-refractivity contribution in [2.75, 3.05) is 13.1 Å². The molecule has 35 heavy (non-hydrogen) atoms. The molecule has 2 saturated carbocycles. The predicted molar refractivity (Wildman–Crippen MR) is 126 cm³/mol. The molecule has 5 fully saturated rings. The standard InChI is InChI=1S/C27H28N4O4/c32-24-18-11-27(12-18,26(34)29-24)31-15-17-10-20(4-5-21(17)25(31)33)35-23-3-1-2-22(23)30-13-19(14-30)16-6-8-28-9-7-16/h4-10,18-19,22-23H,1-3,11-15H2,(H,29,32,34)/t18?,22-,23-,27?/m1/s1. The summed E-state index contributed by atoms with van der Waals surface area (Å²) in [6.45, 7) is 2.49. The number of piperidine rings is 2. The van der Waals surface area contributed by atoms with Crippen molar-refractivity contribution < 1.29 is 19.1 Å². The number of likely N-dealkylation sites (tertiary alicyclic amines) is 1. The van der Waals surface area contributed by atoms with Crippen LogP contribution in [-0.4, -0.2) is 63.3 Å². The van der Waals surface area contributed by atoms with Crippen LogP contribution in [0.5, 0.6) is 5.75 Å². The molecule has 3 saturated heterocycles. The summed E-state index contributed by atoms with van der Waals surface area (Å²) in [4.78, 5) is 46.0. The third kappa shape index (κ3) is 3.15. The van der Waals surface area contributed by atoms with Gasteiger partial charge in [-0.2, -0.15) is 0 Å². The van der Waals surface area contributed by atoms with Crippen LogP contribution in [0.4, 0.5) is 0 Å². The number of aromatic nitrogens is 1. The van der Waals surface area contributed by atoms with Crippen molar-refractivity contribution in [1.82, 2.24) is 20.1 Å². The van der Waals surface area contributed by atoms with E-state index in [4.69, 9.17) is 4.74 Å². The first-order valence-electron chi connectivity index (χ1n) is 12.6. The van der Waals surface area contributed by atoms with Gasteiger partial charge in [0.25, 0.3) is 11.8 Å². The number of ether oxygens (including phenoxy) is 1. The summed E-state index contributed by atoms with van der Waals surface area (Å²) in [7, 11) is 0. The molecule has 8 heteroatoms. The van der Waals surface area contributed by atoms with E-state index in [1.165, 1.54) is 5.56 Å². The molecule has 4 aliphatic heterocycles. The summed E-state index contributed by atoms with van der Waals surface area (Å²) in [5.74, 6) is 0.508. The molecule has 1 aromatic carbocycles. The van der Waals surface area contributed by atoms with Gasteiger partial charge in [0.05, 0.1) is 0 Å². The van der Waals surface area contributed by atoms with Gasteiger partial charge in [-0.15, -0.1) is 0 Å². The van der Waals surface area contributed by atoms with Gasteiger partial charge < -0.3 is 9.64 Å². The number of hydrogen-bond acceptors (Lipinski definition) is 6. The average Bonchev–Trinajstić information content (AvgIpc) is 3.37. The van der Waals surface area contributed by atoms with E-state index in [0.717, 1.165) is 43.7 Å². The van der Waals surface area contributed by atoms with Crippen molar-refractivity contribution in [2.24, 2.45) is 5.92 Å². The van der Waals surface area contributed by atoms with Crippen molar-refractivity contribution >= 4 is 17.7 Å². The van der Waals surface area contributed by atoms with E-state index in [9.17, 15) is 14.4 Å². The summed E-state index contributed by atoms with van der Waals surface area (Å²) in [5, 5.41) is 2.44. The zero-order valence-corrected chi connectivity index (χ0v) is 19.5. The fraction of sp³-hybridized carbons (Fsp3) is 0.481. The molecule has 1 N–H and O–H groups in total. The number of benzene rings is 1. The number of hydrogen-bond donors (Lipinski definition) is 1. The molecule has 5 heterocycles. The zero-order chi connectivity index (χ0) is 23.7. The Balaban J connectivity index is 1.03. The molecule has 2 bridgehead atoms. The Morgan fingerprint density at radius 2 is 1.80 bits per heavy atom. The summed E-state index contributed by atoms with van der Waals surface area (Å²) in [6, 6.07) is 10.3. The lowest BCUT2D eigenvalue weighted by molar-refractivity contribution is -0.160. The Hall–Kier alpha value is -3.26. The summed E-state index contributed by atoms with van der Waals surface area (Å²) < 4.78 is 6.49. The number of amides is 3. The molecular formula is C27H28N4O4. The molecule has 0 spiro atoms. The lowest BCUT2D eigenvalue weighted by Gasteiger charge is -2.53. The first-order chi connectivity index (χ1) is 17.0. The second-order valence-electron chi connectivity index (χ2n) is 10.8. The van der Waals surface area contributed by atoms with Gasteiger partial charge in [0, 0.05) is 55.5 Å². The highest BCUT2D eigenvalue weighted by molar-refractivity contribution is 6.10. The van der Waals surface area contributed by atoms with Crippen molar-refractivity contribution in [3.63, 3.8) is 0 Å². The molecule has 2 aliphatic carbocycles. The Bertz CT molecular complexity index is 1220. The van der Waals surface area contributed by atoms with Crippen LogP contribution in [0, 0.1) is 5.92 Å². The predicted octanol–water partition coefficient (Wildman–Crippen LogP) is 2.24. The average molecular weight is 473 g/mol. The van der Waals surface area contributed by atoms with Gasteiger partial charge in [-0.05, 0) is 73.6 Å². The minimum Gasteiger partial charge on any atom is -0.489 e. The molecule has 0 radical (unpaired) electrons. The second-order valence-corrected chi connectivity index (χ2v) is 10.8. The first kappa shape index (κ1) is 21.1. The van der Waals surface area contributed by atoms with E-state index < -0.39 is 5.54 Å². The molecule has 6 aliphatic rings. The lowest BCUT2D eigenvalue weighted by Crippen LogP contribution is -2.73. The van der Waals surface area contributed by atoms with E-state index >= 15 is 0 Å². The van der Waals surface area contributed by atoms with Gasteiger partial charge in [0.1, 0.15) is 17.4 Å². The molecule has 1 aromatic heterocycles. The molecule has 8 nitrogen and oxygen atoms in total. The molecule has 8 rings (SSSR count). The monoisotopic (exact) mass is 472 g/mol. The molecule has 2 aromatic rings. The minimum absolute atomic E-state index is 0.129. The number of rotatable bonds is 5. The number of nitrogens with one attached hydrogen (secondary N) is 1. The van der Waals surface area contributed by atoms with Crippen LogP contribution >= 0.6 is 0 Å². The second kappa shape index (κ2) is 7.62. The maximum Gasteiger partial charge on any atom is 0.255 e. The Morgan fingerprint density at radius 1 is 1.00 bits per heavy atom. The Kier molecular flexibility index (Phi) is 4.58. The highest BCUT2D eigenvalue weighted by Gasteiger charge is 2.63. The smallest absolute Gasteiger partial charge is 0.255 e. The van der Waals surface area contributed by atoms with Gasteiger partial charge in [0.15, 0.2) is 0 Å². The van der Waals surface area contributed by atoms with Crippen molar-refractivity contribution in [1.29, 1.82) is 0 Å². The van der Waals surface area contributed by atoms with Gasteiger partial charge in [0.2, 0.25) is 5.91 Å². The van der Waals surface area contributed by atoms with Gasteiger partial charge in [-0.25, -0.2) is 0 Å². The SMILES string of the molecule is O=C1NC(=O)C2(N3Cc4cc(O[C@@H]5CCC[C@H]5N5CC(c6ccncc6)C5)ccc4C3=O)CC1C2. The van der Waals surface area contributed by atoms with Crippen molar-refractivity contribution in [3.8, 4) is 5.75 Å². The Morgan fingerprint density at radius 3 is 2.57 bits per heavy atom. The van der Waals surface area contributed by atoms with Crippen LogP contribution in [0.15, 0.2) is 42.7 Å². The third-order valence-electron chi connectivity index (χ3n) is 8.86. The van der Waals surface area contributed by atoms with E-state index in [-0.39, 0.29) is 29.7 Å². The zero-order valence-electron chi connectivity index (χ0n) is 19.5. The van der Waals surface area contributed by atoms with Crippen LogP contribution < -0.4 is 10.1 Å². The van der Waals surface area contributed by atoms with E-state index in [1.807, 2.05) is 30.6 Å². The van der Waals surface area contributed by atoms with Crippen LogP contribution in [0.3, 0.4) is 0 Å². The van der Waals surface area contributed by atoms with Gasteiger partial charge in [-0.1, -0.05) is 0 Å². The molecule has 180 valence electrons. The third-order valence-corrected chi connectivity index (χ3v) is 8.86. The fourth-order valence-electron chi connectivity index (χ4n) is 6.78. The largest absolute Gasteiger partial charge is 0.489 e. The van der Waals surface area contributed by atoms with Crippen molar-refractivity contribution in [2.45, 2.75) is 62.3 Å². The lowest BCUT2D eigenvalue weighted by atomic mass is 9.63. The minimum atomic E-state index is -0.880. The van der Waals surface area contributed by atoms with Crippen LogP contribution in [0.2, 0.25) is 0 Å². The summed E-state index contributed by atoms with van der Waals surface area (Å²) in [5.41, 5.74) is 2.00. The number of pyridine rings is 1. The normalized spacial score (nSPS) is 32.2. The molecular weight excluding hydrogens is 444 g/mol. The van der Waals surface area contributed by atoms with Crippen LogP contribution in [0.25, 0.3) is 0 Å². The molecule has 3 amide bonds. The molecule has 2 atom stereocenters. The van der Waals surface area contributed by atoms with E-state index in [1.54, 1.807) is 4.90 Å². The summed E-state index contributed by atoms with van der Waals surface area (Å²) >= 11 is 0. The van der Waals surface area contributed by atoms with E-state index in [0.29, 0.717) is 36.9 Å². The van der Waals surface area contributed by atoms with Gasteiger partial charge >= 0.3 is 0 Å².